The summed E-state index contributed by atoms with van der Waals surface area (Å²) in [4.78, 5) is 12.4. The number of aryl methyl sites for hydroxylation is 2. The summed E-state index contributed by atoms with van der Waals surface area (Å²) in [6.45, 7) is 4.08. The molecule has 0 saturated carbocycles. The second-order valence-corrected chi connectivity index (χ2v) is 5.55. The van der Waals surface area contributed by atoms with Gasteiger partial charge in [0.05, 0.1) is 0 Å². The standard InChI is InChI=1S/C19H16N2O3/c1-12-3-4-13(2)14(7-12)8-15(10-20)19(22)21-16-5-6-17-18(9-16)24-11-23-17/h3-9H,11H2,1-2H3,(H,21,22)/b15-8+. The molecule has 120 valence electrons. The molecule has 5 heteroatoms. The van der Waals surface area contributed by atoms with E-state index in [0.717, 1.165) is 16.7 Å². The molecule has 1 heterocycles. The number of carbonyl (C=O) groups is 1. The van der Waals surface area contributed by atoms with Gasteiger partial charge in [0, 0.05) is 11.8 Å². The maximum Gasteiger partial charge on any atom is 0.266 e. The summed E-state index contributed by atoms with van der Waals surface area (Å²) in [5, 5.41) is 12.0. The summed E-state index contributed by atoms with van der Waals surface area (Å²) in [7, 11) is 0. The first-order valence-corrected chi connectivity index (χ1v) is 7.47. The van der Waals surface area contributed by atoms with Crippen molar-refractivity contribution in [2.75, 3.05) is 12.1 Å². The van der Waals surface area contributed by atoms with E-state index in [1.807, 2.05) is 38.1 Å². The lowest BCUT2D eigenvalue weighted by molar-refractivity contribution is -0.112. The summed E-state index contributed by atoms with van der Waals surface area (Å²) < 4.78 is 10.5. The van der Waals surface area contributed by atoms with Crippen LogP contribution in [0.4, 0.5) is 5.69 Å². The van der Waals surface area contributed by atoms with Crippen LogP contribution in [-0.2, 0) is 4.79 Å². The molecule has 1 aliphatic heterocycles. The van der Waals surface area contributed by atoms with E-state index >= 15 is 0 Å². The third-order valence-electron chi connectivity index (χ3n) is 3.73. The average Bonchev–Trinajstić information content (AvgIpc) is 3.03. The Hall–Kier alpha value is -3.26. The van der Waals surface area contributed by atoms with Crippen molar-refractivity contribution in [3.8, 4) is 17.6 Å². The van der Waals surface area contributed by atoms with E-state index in [9.17, 15) is 10.1 Å². The molecule has 24 heavy (non-hydrogen) atoms. The smallest absolute Gasteiger partial charge is 0.266 e. The van der Waals surface area contributed by atoms with Crippen molar-refractivity contribution in [2.24, 2.45) is 0 Å². The van der Waals surface area contributed by atoms with Crippen molar-refractivity contribution in [1.29, 1.82) is 5.26 Å². The Kier molecular flexibility index (Phi) is 4.21. The first-order chi connectivity index (χ1) is 11.6. The molecule has 0 aliphatic carbocycles. The zero-order valence-corrected chi connectivity index (χ0v) is 13.4. The van der Waals surface area contributed by atoms with Gasteiger partial charge in [-0.3, -0.25) is 4.79 Å². The molecule has 3 rings (SSSR count). The van der Waals surface area contributed by atoms with E-state index in [4.69, 9.17) is 9.47 Å². The van der Waals surface area contributed by atoms with Gasteiger partial charge in [-0.25, -0.2) is 0 Å². The molecular formula is C19H16N2O3. The van der Waals surface area contributed by atoms with Crippen LogP contribution >= 0.6 is 0 Å². The molecule has 0 fully saturated rings. The SMILES string of the molecule is Cc1ccc(C)c(/C=C(\C#N)C(=O)Nc2ccc3c(c2)OCO3)c1. The predicted octanol–water partition coefficient (Wildman–Crippen LogP) is 3.58. The number of carbonyl (C=O) groups excluding carboxylic acids is 1. The molecule has 0 unspecified atom stereocenters. The van der Waals surface area contributed by atoms with Gasteiger partial charge in [0.1, 0.15) is 11.6 Å². The van der Waals surface area contributed by atoms with Crippen molar-refractivity contribution in [1.82, 2.24) is 0 Å². The van der Waals surface area contributed by atoms with Crippen molar-refractivity contribution < 1.29 is 14.3 Å². The third kappa shape index (κ3) is 3.23. The van der Waals surface area contributed by atoms with E-state index in [2.05, 4.69) is 5.32 Å². The molecule has 1 aliphatic rings. The number of anilines is 1. The van der Waals surface area contributed by atoms with Crippen LogP contribution in [0, 0.1) is 25.2 Å². The maximum atomic E-state index is 12.4. The van der Waals surface area contributed by atoms with Crippen LogP contribution in [0.1, 0.15) is 16.7 Å². The van der Waals surface area contributed by atoms with Gasteiger partial charge in [-0.05, 0) is 43.2 Å². The molecule has 5 nitrogen and oxygen atoms in total. The van der Waals surface area contributed by atoms with E-state index in [1.165, 1.54) is 0 Å². The highest BCUT2D eigenvalue weighted by atomic mass is 16.7. The Balaban J connectivity index is 1.83. The highest BCUT2D eigenvalue weighted by Gasteiger charge is 2.15. The lowest BCUT2D eigenvalue weighted by Gasteiger charge is -2.07. The normalized spacial score (nSPS) is 12.6. The second-order valence-electron chi connectivity index (χ2n) is 5.55. The number of amides is 1. The van der Waals surface area contributed by atoms with Crippen molar-refractivity contribution >= 4 is 17.7 Å². The highest BCUT2D eigenvalue weighted by molar-refractivity contribution is 6.09. The van der Waals surface area contributed by atoms with Gasteiger partial charge in [0.25, 0.3) is 5.91 Å². The number of benzene rings is 2. The van der Waals surface area contributed by atoms with E-state index in [0.29, 0.717) is 17.2 Å². The molecule has 0 radical (unpaired) electrons. The first-order valence-electron chi connectivity index (χ1n) is 7.47. The van der Waals surface area contributed by atoms with Crippen LogP contribution in [0.5, 0.6) is 11.5 Å². The molecule has 0 bridgehead atoms. The summed E-state index contributed by atoms with van der Waals surface area (Å²) in [6, 6.07) is 13.0. The quantitative estimate of drug-likeness (QED) is 0.693. The van der Waals surface area contributed by atoms with E-state index in [1.54, 1.807) is 24.3 Å². The third-order valence-corrected chi connectivity index (χ3v) is 3.73. The van der Waals surface area contributed by atoms with Crippen molar-refractivity contribution in [2.45, 2.75) is 13.8 Å². The van der Waals surface area contributed by atoms with Gasteiger partial charge >= 0.3 is 0 Å². The number of hydrogen-bond donors (Lipinski definition) is 1. The Morgan fingerprint density at radius 2 is 1.96 bits per heavy atom. The Morgan fingerprint density at radius 3 is 2.75 bits per heavy atom. The molecule has 0 saturated heterocycles. The Bertz CT molecular complexity index is 879. The first kappa shape index (κ1) is 15.6. The van der Waals surface area contributed by atoms with Gasteiger partial charge in [-0.2, -0.15) is 5.26 Å². The number of fused-ring (bicyclic) bond motifs is 1. The van der Waals surface area contributed by atoms with Gasteiger partial charge in [-0.15, -0.1) is 0 Å². The minimum Gasteiger partial charge on any atom is -0.454 e. The zero-order chi connectivity index (χ0) is 17.1. The number of nitrogens with zero attached hydrogens (tertiary/aromatic N) is 1. The summed E-state index contributed by atoms with van der Waals surface area (Å²) >= 11 is 0. The lowest BCUT2D eigenvalue weighted by Crippen LogP contribution is -2.13. The van der Waals surface area contributed by atoms with Crippen LogP contribution in [0.2, 0.25) is 0 Å². The van der Waals surface area contributed by atoms with Crippen LogP contribution in [0.25, 0.3) is 6.08 Å². The molecule has 0 atom stereocenters. The van der Waals surface area contributed by atoms with Crippen LogP contribution in [0.15, 0.2) is 42.0 Å². The minimum atomic E-state index is -0.461. The molecule has 0 spiro atoms. The average molecular weight is 320 g/mol. The van der Waals surface area contributed by atoms with Gasteiger partial charge in [0.2, 0.25) is 6.79 Å². The fraction of sp³-hybridized carbons (Fsp3) is 0.158. The zero-order valence-electron chi connectivity index (χ0n) is 13.4. The van der Waals surface area contributed by atoms with Crippen molar-refractivity contribution in [3.05, 3.63) is 58.7 Å². The number of nitrogens with one attached hydrogen (secondary N) is 1. The fourth-order valence-electron chi connectivity index (χ4n) is 2.39. The Labute approximate surface area is 140 Å². The minimum absolute atomic E-state index is 0.0429. The van der Waals surface area contributed by atoms with Crippen LogP contribution < -0.4 is 14.8 Å². The lowest BCUT2D eigenvalue weighted by atomic mass is 10.0. The maximum absolute atomic E-state index is 12.4. The molecule has 0 aromatic heterocycles. The van der Waals surface area contributed by atoms with Gasteiger partial charge in [0.15, 0.2) is 11.5 Å². The second kappa shape index (κ2) is 6.47. The molecule has 1 N–H and O–H groups in total. The molecule has 2 aromatic carbocycles. The summed E-state index contributed by atoms with van der Waals surface area (Å²) in [5.41, 5.74) is 3.52. The molecule has 2 aromatic rings. The number of hydrogen-bond acceptors (Lipinski definition) is 4. The predicted molar refractivity (Wildman–Crippen MR) is 90.7 cm³/mol. The van der Waals surface area contributed by atoms with Crippen LogP contribution in [-0.4, -0.2) is 12.7 Å². The summed E-state index contributed by atoms with van der Waals surface area (Å²) in [5.74, 6) is 0.751. The van der Waals surface area contributed by atoms with Gasteiger partial charge < -0.3 is 14.8 Å². The topological polar surface area (TPSA) is 71.4 Å². The fourth-order valence-corrected chi connectivity index (χ4v) is 2.39. The number of nitriles is 1. The Morgan fingerprint density at radius 1 is 1.17 bits per heavy atom. The molecule has 1 amide bonds. The number of rotatable bonds is 3. The highest BCUT2D eigenvalue weighted by Crippen LogP contribution is 2.34. The monoisotopic (exact) mass is 320 g/mol. The number of ether oxygens (including phenoxy) is 2. The summed E-state index contributed by atoms with van der Waals surface area (Å²) in [6.07, 6.45) is 1.60. The molecular weight excluding hydrogens is 304 g/mol. The largest absolute Gasteiger partial charge is 0.454 e. The van der Waals surface area contributed by atoms with Crippen LogP contribution in [0.3, 0.4) is 0 Å². The van der Waals surface area contributed by atoms with E-state index < -0.39 is 5.91 Å². The van der Waals surface area contributed by atoms with Gasteiger partial charge in [-0.1, -0.05) is 23.8 Å². The van der Waals surface area contributed by atoms with E-state index in [-0.39, 0.29) is 12.4 Å². The van der Waals surface area contributed by atoms with Crippen molar-refractivity contribution in [3.63, 3.8) is 0 Å².